The summed E-state index contributed by atoms with van der Waals surface area (Å²) >= 11 is 0. The van der Waals surface area contributed by atoms with Gasteiger partial charge in [-0.1, -0.05) is 26.8 Å². The minimum absolute atomic E-state index is 0.0656. The third kappa shape index (κ3) is 6.09. The number of benzene rings is 1. The molecule has 0 aliphatic carbocycles. The normalized spacial score (nSPS) is 14.7. The predicted octanol–water partition coefficient (Wildman–Crippen LogP) is 4.32. The predicted molar refractivity (Wildman–Crippen MR) is 126 cm³/mol. The Morgan fingerprint density at radius 2 is 1.77 bits per heavy atom. The number of Topliss-reactive ketones (excluding diaryl/α,β-unsaturated/α-hetero) is 1. The summed E-state index contributed by atoms with van der Waals surface area (Å²) in [5.74, 6) is -0.762. The summed E-state index contributed by atoms with van der Waals surface area (Å²) in [6, 6.07) is 7.19. The summed E-state index contributed by atoms with van der Waals surface area (Å²) in [7, 11) is 1.39. The number of aromatic nitrogens is 1. The van der Waals surface area contributed by atoms with E-state index in [2.05, 4.69) is 18.8 Å². The molecule has 0 N–H and O–H groups in total. The Balaban J connectivity index is 1.70. The van der Waals surface area contributed by atoms with Gasteiger partial charge in [-0.25, -0.2) is 4.98 Å². The Kier molecular flexibility index (Phi) is 8.32. The van der Waals surface area contributed by atoms with Gasteiger partial charge in [0, 0.05) is 31.5 Å². The molecule has 0 amide bonds. The minimum Gasteiger partial charge on any atom is -0.493 e. The lowest BCUT2D eigenvalue weighted by Gasteiger charge is -2.29. The molecule has 2 heterocycles. The number of fused-ring (bicyclic) bond motifs is 1. The highest BCUT2D eigenvalue weighted by molar-refractivity contribution is 5.99. The fourth-order valence-corrected chi connectivity index (χ4v) is 4.18. The largest absolute Gasteiger partial charge is 0.493 e. The Bertz CT molecular complexity index is 1100. The van der Waals surface area contributed by atoms with Crippen molar-refractivity contribution in [3.05, 3.63) is 41.7 Å². The summed E-state index contributed by atoms with van der Waals surface area (Å²) in [4.78, 5) is 41.4. The number of methoxy groups -OCH3 is 1. The van der Waals surface area contributed by atoms with Gasteiger partial charge in [0.05, 0.1) is 13.0 Å². The maximum absolute atomic E-state index is 12.9. The van der Waals surface area contributed by atoms with Gasteiger partial charge in [0.15, 0.2) is 28.7 Å². The molecule has 0 spiro atoms. The number of rotatable bonds is 10. The van der Waals surface area contributed by atoms with Crippen LogP contribution in [0.5, 0.6) is 23.0 Å². The van der Waals surface area contributed by atoms with Gasteiger partial charge < -0.3 is 23.7 Å². The number of carbonyl (C=O) groups is 3. The van der Waals surface area contributed by atoms with Crippen molar-refractivity contribution in [1.29, 1.82) is 0 Å². The smallest absolute Gasteiger partial charge is 0.309 e. The van der Waals surface area contributed by atoms with Crippen LogP contribution in [0.15, 0.2) is 30.5 Å². The zero-order valence-electron chi connectivity index (χ0n) is 20.8. The molecule has 0 radical (unpaired) electrons. The van der Waals surface area contributed by atoms with Crippen molar-refractivity contribution >= 4 is 17.7 Å². The van der Waals surface area contributed by atoms with Crippen LogP contribution in [0.1, 0.15) is 63.0 Å². The molecule has 0 fully saturated rings. The van der Waals surface area contributed by atoms with Gasteiger partial charge in [-0.15, -0.1) is 0 Å². The van der Waals surface area contributed by atoms with Crippen LogP contribution >= 0.6 is 0 Å². The van der Waals surface area contributed by atoms with Crippen LogP contribution in [0.4, 0.5) is 0 Å². The van der Waals surface area contributed by atoms with E-state index in [0.717, 1.165) is 5.56 Å². The zero-order valence-corrected chi connectivity index (χ0v) is 20.8. The van der Waals surface area contributed by atoms with Gasteiger partial charge >= 0.3 is 11.9 Å². The number of hydrogen-bond donors (Lipinski definition) is 0. The van der Waals surface area contributed by atoms with Crippen LogP contribution in [-0.2, 0) is 14.3 Å². The lowest BCUT2D eigenvalue weighted by molar-refractivity contribution is -0.154. The topological polar surface area (TPSA) is 110 Å². The van der Waals surface area contributed by atoms with Crippen LogP contribution in [0.25, 0.3) is 0 Å². The molecule has 1 aromatic carbocycles. The van der Waals surface area contributed by atoms with Crippen molar-refractivity contribution in [2.24, 2.45) is 11.8 Å². The summed E-state index contributed by atoms with van der Waals surface area (Å²) in [6.45, 7) is 8.96. The quantitative estimate of drug-likeness (QED) is 0.359. The standard InChI is InChI=1S/C26H31NO8/c1-14(2)23(18-7-8-20-22(12-18)33-13-32-20)16(4)34-26(30)15(3)11-19(29)24-25(35-17(5)28)21(31-6)9-10-27-24/h7-10,12,14-16,23H,11,13H2,1-6H3/t15-,16+,23-/m1/s1. The highest BCUT2D eigenvalue weighted by Crippen LogP contribution is 2.38. The van der Waals surface area contributed by atoms with Crippen molar-refractivity contribution in [3.63, 3.8) is 0 Å². The summed E-state index contributed by atoms with van der Waals surface area (Å²) in [6.07, 6.45) is 0.756. The molecule has 2 aromatic rings. The average molecular weight is 486 g/mol. The summed E-state index contributed by atoms with van der Waals surface area (Å²) in [5.41, 5.74) is 0.896. The first kappa shape index (κ1) is 26.0. The van der Waals surface area contributed by atoms with Crippen molar-refractivity contribution in [1.82, 2.24) is 4.98 Å². The van der Waals surface area contributed by atoms with E-state index in [9.17, 15) is 14.4 Å². The van der Waals surface area contributed by atoms with E-state index >= 15 is 0 Å². The number of ether oxygens (including phenoxy) is 5. The van der Waals surface area contributed by atoms with Gasteiger partial charge in [0.2, 0.25) is 12.5 Å². The first-order chi connectivity index (χ1) is 16.6. The molecule has 0 saturated heterocycles. The lowest BCUT2D eigenvalue weighted by atomic mass is 9.84. The second-order valence-electron chi connectivity index (χ2n) is 8.84. The molecule has 1 aromatic heterocycles. The van der Waals surface area contributed by atoms with Crippen LogP contribution in [0.2, 0.25) is 0 Å². The van der Waals surface area contributed by atoms with E-state index in [1.165, 1.54) is 26.3 Å². The number of pyridine rings is 1. The van der Waals surface area contributed by atoms with Crippen LogP contribution in [0.3, 0.4) is 0 Å². The van der Waals surface area contributed by atoms with Crippen LogP contribution < -0.4 is 18.9 Å². The van der Waals surface area contributed by atoms with E-state index in [1.54, 1.807) is 6.92 Å². The summed E-state index contributed by atoms with van der Waals surface area (Å²) in [5, 5.41) is 0. The molecule has 1 aliphatic heterocycles. The lowest BCUT2D eigenvalue weighted by Crippen LogP contribution is -2.29. The number of hydrogen-bond acceptors (Lipinski definition) is 9. The molecule has 3 rings (SSSR count). The highest BCUT2D eigenvalue weighted by Gasteiger charge is 2.31. The third-order valence-electron chi connectivity index (χ3n) is 5.80. The third-order valence-corrected chi connectivity index (χ3v) is 5.80. The molecular formula is C26H31NO8. The Morgan fingerprint density at radius 1 is 1.06 bits per heavy atom. The molecule has 1 aliphatic rings. The fraction of sp³-hybridized carbons (Fsp3) is 0.462. The fourth-order valence-electron chi connectivity index (χ4n) is 4.18. The van der Waals surface area contributed by atoms with Gasteiger partial charge in [-0.05, 0) is 30.5 Å². The SMILES string of the molecule is COc1ccnc(C(=O)C[C@@H](C)C(=O)O[C@@H](C)[C@H](c2ccc3c(c2)OCO3)C(C)C)c1OC(C)=O. The van der Waals surface area contributed by atoms with E-state index < -0.39 is 29.7 Å². The second-order valence-corrected chi connectivity index (χ2v) is 8.84. The van der Waals surface area contributed by atoms with E-state index in [4.69, 9.17) is 23.7 Å². The van der Waals surface area contributed by atoms with Gasteiger partial charge in [-0.3, -0.25) is 14.4 Å². The molecule has 9 heteroatoms. The molecule has 0 saturated carbocycles. The van der Waals surface area contributed by atoms with E-state index in [1.807, 2.05) is 25.1 Å². The Labute approximate surface area is 204 Å². The highest BCUT2D eigenvalue weighted by atomic mass is 16.7. The van der Waals surface area contributed by atoms with E-state index in [0.29, 0.717) is 11.5 Å². The maximum Gasteiger partial charge on any atom is 0.309 e. The minimum atomic E-state index is -0.743. The number of carbonyl (C=O) groups excluding carboxylic acids is 3. The Morgan fingerprint density at radius 3 is 2.43 bits per heavy atom. The molecule has 0 bridgehead atoms. The van der Waals surface area contributed by atoms with Crippen LogP contribution in [-0.4, -0.2) is 42.7 Å². The molecule has 188 valence electrons. The molecule has 0 unspecified atom stereocenters. The van der Waals surface area contributed by atoms with Crippen molar-refractivity contribution in [3.8, 4) is 23.0 Å². The van der Waals surface area contributed by atoms with Gasteiger partial charge in [0.1, 0.15) is 6.10 Å². The zero-order chi connectivity index (χ0) is 25.7. The summed E-state index contributed by atoms with van der Waals surface area (Å²) < 4.78 is 27.0. The molecular weight excluding hydrogens is 454 g/mol. The molecule has 9 nitrogen and oxygen atoms in total. The van der Waals surface area contributed by atoms with Crippen molar-refractivity contribution in [2.45, 2.75) is 53.1 Å². The van der Waals surface area contributed by atoms with Crippen LogP contribution in [0, 0.1) is 11.8 Å². The van der Waals surface area contributed by atoms with E-state index in [-0.39, 0.29) is 42.2 Å². The maximum atomic E-state index is 12.9. The van der Waals surface area contributed by atoms with Crippen molar-refractivity contribution < 1.29 is 38.1 Å². The number of ketones is 1. The second kappa shape index (κ2) is 11.2. The molecule has 35 heavy (non-hydrogen) atoms. The number of nitrogens with zero attached hydrogens (tertiary/aromatic N) is 1. The molecule has 3 atom stereocenters. The average Bonchev–Trinajstić information content (AvgIpc) is 3.26. The van der Waals surface area contributed by atoms with Gasteiger partial charge in [-0.2, -0.15) is 0 Å². The first-order valence-corrected chi connectivity index (χ1v) is 11.5. The van der Waals surface area contributed by atoms with Crippen molar-refractivity contribution in [2.75, 3.05) is 13.9 Å². The monoisotopic (exact) mass is 485 g/mol. The van der Waals surface area contributed by atoms with Gasteiger partial charge in [0.25, 0.3) is 0 Å². The Hall–Kier alpha value is -3.62. The number of esters is 2. The first-order valence-electron chi connectivity index (χ1n) is 11.5.